The van der Waals surface area contributed by atoms with E-state index in [-0.39, 0.29) is 5.28 Å². The Morgan fingerprint density at radius 2 is 1.75 bits per heavy atom. The zero-order chi connectivity index (χ0) is 17.1. The number of nitrogens with one attached hydrogen (secondary N) is 1. The molecule has 2 unspecified atom stereocenters. The summed E-state index contributed by atoms with van der Waals surface area (Å²) in [4.78, 5) is 19.6. The van der Waals surface area contributed by atoms with Crippen LogP contribution in [-0.2, 0) is 0 Å². The van der Waals surface area contributed by atoms with Crippen molar-refractivity contribution in [2.45, 2.75) is 12.1 Å². The molecule has 0 bridgehead atoms. The Morgan fingerprint density at radius 3 is 2.46 bits per heavy atom. The molecule has 1 aromatic heterocycles. The van der Waals surface area contributed by atoms with E-state index < -0.39 is 18.2 Å². The minimum atomic E-state index is -1.16. The van der Waals surface area contributed by atoms with Gasteiger partial charge in [0.05, 0.1) is 23.3 Å². The summed E-state index contributed by atoms with van der Waals surface area (Å²) in [5.74, 6) is 0. The van der Waals surface area contributed by atoms with Crippen molar-refractivity contribution in [1.29, 1.82) is 0 Å². The van der Waals surface area contributed by atoms with E-state index in [1.54, 1.807) is 6.07 Å². The highest BCUT2D eigenvalue weighted by atomic mass is 35.5. The SMILES string of the molecule is NC(c1nc(Cl)nc2ccccc12)C(NC(=O)O)c1ccccc1. The molecule has 3 rings (SSSR count). The van der Waals surface area contributed by atoms with Crippen LogP contribution >= 0.6 is 11.6 Å². The topological polar surface area (TPSA) is 101 Å². The molecule has 1 heterocycles. The quantitative estimate of drug-likeness (QED) is 0.631. The number of carboxylic acid groups (broad SMARTS) is 1. The number of nitrogens with two attached hydrogens (primary N) is 1. The third-order valence-corrected chi connectivity index (χ3v) is 3.89. The number of rotatable bonds is 4. The number of nitrogens with zero attached hydrogens (tertiary/aromatic N) is 2. The first-order chi connectivity index (χ1) is 11.6. The second kappa shape index (κ2) is 6.82. The van der Waals surface area contributed by atoms with Crippen molar-refractivity contribution in [2.75, 3.05) is 0 Å². The molecule has 0 aliphatic heterocycles. The highest BCUT2D eigenvalue weighted by molar-refractivity contribution is 6.28. The van der Waals surface area contributed by atoms with Gasteiger partial charge in [-0.15, -0.1) is 0 Å². The second-order valence-corrected chi connectivity index (χ2v) is 5.60. The summed E-state index contributed by atoms with van der Waals surface area (Å²) in [6, 6.07) is 15.1. The van der Waals surface area contributed by atoms with Crippen LogP contribution in [0, 0.1) is 0 Å². The molecule has 1 amide bonds. The Hall–Kier alpha value is -2.70. The van der Waals surface area contributed by atoms with Gasteiger partial charge in [0.2, 0.25) is 5.28 Å². The van der Waals surface area contributed by atoms with E-state index in [1.165, 1.54) is 0 Å². The summed E-state index contributed by atoms with van der Waals surface area (Å²) in [7, 11) is 0. The molecule has 2 aromatic carbocycles. The van der Waals surface area contributed by atoms with Crippen molar-refractivity contribution in [1.82, 2.24) is 15.3 Å². The molecule has 7 heteroatoms. The van der Waals surface area contributed by atoms with Gasteiger partial charge in [-0.1, -0.05) is 48.5 Å². The fourth-order valence-electron chi connectivity index (χ4n) is 2.66. The maximum atomic E-state index is 11.2. The molecule has 0 spiro atoms. The predicted octanol–water partition coefficient (Wildman–Crippen LogP) is 3.29. The van der Waals surface area contributed by atoms with Gasteiger partial charge >= 0.3 is 6.09 Å². The highest BCUT2D eigenvalue weighted by Crippen LogP contribution is 2.30. The van der Waals surface area contributed by atoms with Gasteiger partial charge in [-0.25, -0.2) is 14.8 Å². The van der Waals surface area contributed by atoms with Crippen molar-refractivity contribution in [2.24, 2.45) is 5.73 Å². The first-order valence-electron chi connectivity index (χ1n) is 7.28. The van der Waals surface area contributed by atoms with Crippen molar-refractivity contribution < 1.29 is 9.90 Å². The summed E-state index contributed by atoms with van der Waals surface area (Å²) < 4.78 is 0. The number of halogens is 1. The monoisotopic (exact) mass is 342 g/mol. The average Bonchev–Trinajstić information content (AvgIpc) is 2.59. The molecular weight excluding hydrogens is 328 g/mol. The third kappa shape index (κ3) is 3.29. The lowest BCUT2D eigenvalue weighted by atomic mass is 9.95. The van der Waals surface area contributed by atoms with E-state index >= 15 is 0 Å². The van der Waals surface area contributed by atoms with Gasteiger partial charge in [-0.05, 0) is 23.2 Å². The standard InChI is InChI=1S/C17H15ClN4O2/c18-16-20-12-9-5-4-8-11(12)15(21-16)13(19)14(22-17(23)24)10-6-2-1-3-7-10/h1-9,13-14,22H,19H2,(H,23,24). The molecule has 0 radical (unpaired) electrons. The van der Waals surface area contributed by atoms with Crippen LogP contribution in [0.15, 0.2) is 54.6 Å². The fraction of sp³-hybridized carbons (Fsp3) is 0.118. The van der Waals surface area contributed by atoms with E-state index in [1.807, 2.05) is 48.5 Å². The molecule has 0 saturated heterocycles. The minimum Gasteiger partial charge on any atom is -0.465 e. The number of amides is 1. The Morgan fingerprint density at radius 1 is 1.08 bits per heavy atom. The maximum absolute atomic E-state index is 11.2. The van der Waals surface area contributed by atoms with E-state index in [2.05, 4.69) is 15.3 Å². The zero-order valence-corrected chi connectivity index (χ0v) is 13.3. The number of hydrogen-bond acceptors (Lipinski definition) is 4. The molecule has 24 heavy (non-hydrogen) atoms. The predicted molar refractivity (Wildman–Crippen MR) is 91.8 cm³/mol. The van der Waals surface area contributed by atoms with E-state index in [4.69, 9.17) is 17.3 Å². The van der Waals surface area contributed by atoms with Crippen LogP contribution in [0.1, 0.15) is 23.3 Å². The van der Waals surface area contributed by atoms with Gasteiger partial charge in [0.15, 0.2) is 0 Å². The molecule has 0 aliphatic carbocycles. The summed E-state index contributed by atoms with van der Waals surface area (Å²) in [5, 5.41) is 12.5. The van der Waals surface area contributed by atoms with E-state index in [9.17, 15) is 9.90 Å². The Kier molecular flexibility index (Phi) is 4.59. The minimum absolute atomic E-state index is 0.0706. The van der Waals surface area contributed by atoms with Crippen LogP contribution < -0.4 is 11.1 Å². The van der Waals surface area contributed by atoms with Crippen LogP contribution in [0.4, 0.5) is 4.79 Å². The highest BCUT2D eigenvalue weighted by Gasteiger charge is 2.26. The first-order valence-corrected chi connectivity index (χ1v) is 7.66. The molecule has 4 N–H and O–H groups in total. The summed E-state index contributed by atoms with van der Waals surface area (Å²) in [6.07, 6.45) is -1.16. The molecule has 0 fully saturated rings. The average molecular weight is 343 g/mol. The van der Waals surface area contributed by atoms with Gasteiger partial charge in [0, 0.05) is 5.39 Å². The third-order valence-electron chi connectivity index (χ3n) is 3.72. The number of para-hydroxylation sites is 1. The fourth-order valence-corrected chi connectivity index (χ4v) is 2.84. The number of hydrogen-bond donors (Lipinski definition) is 3. The molecule has 0 aliphatic rings. The number of benzene rings is 2. The summed E-state index contributed by atoms with van der Waals surface area (Å²) >= 11 is 6.01. The molecule has 2 atom stereocenters. The Bertz CT molecular complexity index is 873. The maximum Gasteiger partial charge on any atom is 0.405 e. The largest absolute Gasteiger partial charge is 0.465 e. The van der Waals surface area contributed by atoms with Crippen LogP contribution in [0.2, 0.25) is 5.28 Å². The molecule has 0 saturated carbocycles. The molecular formula is C17H15ClN4O2. The van der Waals surface area contributed by atoms with E-state index in [0.29, 0.717) is 11.2 Å². The number of fused-ring (bicyclic) bond motifs is 1. The Labute approximate surface area is 143 Å². The smallest absolute Gasteiger partial charge is 0.405 e. The Balaban J connectivity index is 2.11. The lowest BCUT2D eigenvalue weighted by Gasteiger charge is -2.24. The molecule has 6 nitrogen and oxygen atoms in total. The summed E-state index contributed by atoms with van der Waals surface area (Å²) in [6.45, 7) is 0. The lowest BCUT2D eigenvalue weighted by molar-refractivity contribution is 0.187. The van der Waals surface area contributed by atoms with Gasteiger partial charge in [-0.2, -0.15) is 0 Å². The zero-order valence-electron chi connectivity index (χ0n) is 12.6. The second-order valence-electron chi connectivity index (χ2n) is 5.26. The van der Waals surface area contributed by atoms with Crippen molar-refractivity contribution in [3.63, 3.8) is 0 Å². The number of carbonyl (C=O) groups is 1. The van der Waals surface area contributed by atoms with Crippen molar-refractivity contribution in [3.05, 3.63) is 71.1 Å². The summed E-state index contributed by atoms with van der Waals surface area (Å²) in [5.41, 5.74) is 8.27. The normalized spacial score (nSPS) is 13.4. The number of aromatic nitrogens is 2. The van der Waals surface area contributed by atoms with Crippen LogP contribution in [-0.4, -0.2) is 21.2 Å². The van der Waals surface area contributed by atoms with Crippen LogP contribution in [0.5, 0.6) is 0 Å². The van der Waals surface area contributed by atoms with Crippen molar-refractivity contribution in [3.8, 4) is 0 Å². The first kappa shape index (κ1) is 16.2. The van der Waals surface area contributed by atoms with Gasteiger partial charge < -0.3 is 16.2 Å². The van der Waals surface area contributed by atoms with Gasteiger partial charge in [0.25, 0.3) is 0 Å². The lowest BCUT2D eigenvalue weighted by Crippen LogP contribution is -2.35. The molecule has 3 aromatic rings. The van der Waals surface area contributed by atoms with Crippen molar-refractivity contribution >= 4 is 28.6 Å². The van der Waals surface area contributed by atoms with Crippen LogP contribution in [0.3, 0.4) is 0 Å². The van der Waals surface area contributed by atoms with Gasteiger partial charge in [-0.3, -0.25) is 0 Å². The molecule has 122 valence electrons. The van der Waals surface area contributed by atoms with E-state index in [0.717, 1.165) is 10.9 Å². The van der Waals surface area contributed by atoms with Crippen LogP contribution in [0.25, 0.3) is 10.9 Å². The van der Waals surface area contributed by atoms with Gasteiger partial charge in [0.1, 0.15) is 0 Å².